The second-order valence-electron chi connectivity index (χ2n) is 6.96. The smallest absolute Gasteiger partial charge is 0.159 e. The van der Waals surface area contributed by atoms with Gasteiger partial charge in [0.2, 0.25) is 0 Å². The highest BCUT2D eigenvalue weighted by Crippen LogP contribution is 2.26. The molecule has 0 N–H and O–H groups in total. The van der Waals surface area contributed by atoms with Crippen LogP contribution in [0.15, 0.2) is 42.6 Å². The van der Waals surface area contributed by atoms with E-state index in [0.717, 1.165) is 62.3 Å². The summed E-state index contributed by atoms with van der Waals surface area (Å²) in [4.78, 5) is 11.7. The standard InChI is InChI=1S/C21H21N3O/c1-2-17-13-18-14-24(10-6-19(18)23-21(17)22-8-1)9-5-15-3-4-20-16(12-15)7-11-25-20/h1-4,8,12-13H,5-7,9-11,14H2. The molecule has 3 aromatic rings. The van der Waals surface area contributed by atoms with Gasteiger partial charge in [-0.3, -0.25) is 4.90 Å². The molecule has 0 amide bonds. The molecule has 0 saturated carbocycles. The topological polar surface area (TPSA) is 38.2 Å². The van der Waals surface area contributed by atoms with Crippen molar-refractivity contribution in [2.45, 2.75) is 25.8 Å². The molecular formula is C21H21N3O. The van der Waals surface area contributed by atoms with Gasteiger partial charge in [-0.05, 0) is 47.4 Å². The maximum Gasteiger partial charge on any atom is 0.159 e. The molecule has 0 atom stereocenters. The van der Waals surface area contributed by atoms with Crippen molar-refractivity contribution in [3.05, 3.63) is 65.0 Å². The molecule has 4 nitrogen and oxygen atoms in total. The van der Waals surface area contributed by atoms with Crippen molar-refractivity contribution in [2.24, 2.45) is 0 Å². The number of hydrogen-bond donors (Lipinski definition) is 0. The van der Waals surface area contributed by atoms with E-state index in [-0.39, 0.29) is 0 Å². The zero-order valence-electron chi connectivity index (χ0n) is 14.2. The molecule has 0 bridgehead atoms. The molecule has 25 heavy (non-hydrogen) atoms. The number of pyridine rings is 2. The summed E-state index contributed by atoms with van der Waals surface area (Å²) in [6, 6.07) is 13.0. The summed E-state index contributed by atoms with van der Waals surface area (Å²) in [5, 5.41) is 1.14. The number of hydrogen-bond acceptors (Lipinski definition) is 4. The molecule has 0 fully saturated rings. The molecule has 5 rings (SSSR count). The maximum atomic E-state index is 5.60. The molecule has 4 heterocycles. The van der Waals surface area contributed by atoms with Gasteiger partial charge >= 0.3 is 0 Å². The molecule has 0 radical (unpaired) electrons. The third-order valence-corrected chi connectivity index (χ3v) is 5.29. The molecule has 2 aliphatic heterocycles. The van der Waals surface area contributed by atoms with E-state index in [1.54, 1.807) is 0 Å². The normalized spacial score (nSPS) is 16.5. The van der Waals surface area contributed by atoms with Crippen molar-refractivity contribution >= 4 is 11.0 Å². The van der Waals surface area contributed by atoms with Gasteiger partial charge in [0.1, 0.15) is 5.75 Å². The molecule has 0 spiro atoms. The lowest BCUT2D eigenvalue weighted by molar-refractivity contribution is 0.255. The predicted molar refractivity (Wildman–Crippen MR) is 97.9 cm³/mol. The summed E-state index contributed by atoms with van der Waals surface area (Å²) in [5.41, 5.74) is 6.22. The molecule has 0 unspecified atom stereocenters. The van der Waals surface area contributed by atoms with E-state index < -0.39 is 0 Å². The zero-order chi connectivity index (χ0) is 16.6. The van der Waals surface area contributed by atoms with Crippen LogP contribution in [0.25, 0.3) is 11.0 Å². The minimum Gasteiger partial charge on any atom is -0.493 e. The van der Waals surface area contributed by atoms with E-state index in [4.69, 9.17) is 9.72 Å². The summed E-state index contributed by atoms with van der Waals surface area (Å²) in [5.74, 6) is 1.07. The number of nitrogens with zero attached hydrogens (tertiary/aromatic N) is 3. The van der Waals surface area contributed by atoms with Crippen molar-refractivity contribution in [2.75, 3.05) is 19.7 Å². The summed E-state index contributed by atoms with van der Waals surface area (Å²) >= 11 is 0. The summed E-state index contributed by atoms with van der Waals surface area (Å²) in [6.45, 7) is 3.98. The second kappa shape index (κ2) is 6.12. The Hall–Kier alpha value is -2.46. The van der Waals surface area contributed by atoms with E-state index in [0.29, 0.717) is 0 Å². The first kappa shape index (κ1) is 14.8. The Labute approximate surface area is 147 Å². The molecule has 0 aliphatic carbocycles. The fourth-order valence-electron chi connectivity index (χ4n) is 3.90. The van der Waals surface area contributed by atoms with Crippen LogP contribution in [-0.4, -0.2) is 34.6 Å². The first-order valence-electron chi connectivity index (χ1n) is 9.06. The summed E-state index contributed by atoms with van der Waals surface area (Å²) in [6.07, 6.45) is 4.97. The lowest BCUT2D eigenvalue weighted by Crippen LogP contribution is -2.32. The second-order valence-corrected chi connectivity index (χ2v) is 6.96. The van der Waals surface area contributed by atoms with Crippen molar-refractivity contribution in [1.82, 2.24) is 14.9 Å². The Morgan fingerprint density at radius 1 is 1.08 bits per heavy atom. The van der Waals surface area contributed by atoms with E-state index >= 15 is 0 Å². The summed E-state index contributed by atoms with van der Waals surface area (Å²) in [7, 11) is 0. The Morgan fingerprint density at radius 2 is 2.08 bits per heavy atom. The van der Waals surface area contributed by atoms with Gasteiger partial charge in [0.15, 0.2) is 5.65 Å². The number of aromatic nitrogens is 2. The van der Waals surface area contributed by atoms with Crippen LogP contribution >= 0.6 is 0 Å². The number of fused-ring (bicyclic) bond motifs is 3. The van der Waals surface area contributed by atoms with E-state index in [9.17, 15) is 0 Å². The molecule has 2 aromatic heterocycles. The molecule has 1 aromatic carbocycles. The van der Waals surface area contributed by atoms with Crippen LogP contribution in [0.4, 0.5) is 0 Å². The predicted octanol–water partition coefficient (Wildman–Crippen LogP) is 3.17. The van der Waals surface area contributed by atoms with Gasteiger partial charge in [0, 0.05) is 49.8 Å². The van der Waals surface area contributed by atoms with Gasteiger partial charge in [0.05, 0.1) is 6.61 Å². The maximum absolute atomic E-state index is 5.60. The SMILES string of the molecule is c1cnc2nc3c(cc2c1)CN(CCc1ccc2c(c1)CCO2)CC3. The largest absolute Gasteiger partial charge is 0.493 e. The first-order chi connectivity index (χ1) is 12.3. The van der Waals surface area contributed by atoms with Gasteiger partial charge < -0.3 is 4.74 Å². The fourth-order valence-corrected chi connectivity index (χ4v) is 3.90. The Bertz CT molecular complexity index is 938. The molecule has 126 valence electrons. The van der Waals surface area contributed by atoms with E-state index in [2.05, 4.69) is 40.2 Å². The highest BCUT2D eigenvalue weighted by molar-refractivity contribution is 5.75. The van der Waals surface area contributed by atoms with Crippen LogP contribution in [-0.2, 0) is 25.8 Å². The third kappa shape index (κ3) is 2.87. The Kier molecular flexibility index (Phi) is 3.63. The third-order valence-electron chi connectivity index (χ3n) is 5.29. The van der Waals surface area contributed by atoms with E-state index in [1.165, 1.54) is 22.4 Å². The van der Waals surface area contributed by atoms with Gasteiger partial charge in [-0.2, -0.15) is 0 Å². The zero-order valence-corrected chi connectivity index (χ0v) is 14.2. The van der Waals surface area contributed by atoms with Gasteiger partial charge in [0.25, 0.3) is 0 Å². The van der Waals surface area contributed by atoms with E-state index in [1.807, 2.05) is 12.3 Å². The number of rotatable bonds is 3. The highest BCUT2D eigenvalue weighted by atomic mass is 16.5. The van der Waals surface area contributed by atoms with Crippen LogP contribution in [0.2, 0.25) is 0 Å². The van der Waals surface area contributed by atoms with Gasteiger partial charge in [-0.1, -0.05) is 12.1 Å². The van der Waals surface area contributed by atoms with Crippen LogP contribution < -0.4 is 4.74 Å². The minimum absolute atomic E-state index is 0.831. The number of ether oxygens (including phenoxy) is 1. The average molecular weight is 331 g/mol. The highest BCUT2D eigenvalue weighted by Gasteiger charge is 2.18. The first-order valence-corrected chi connectivity index (χ1v) is 9.06. The Balaban J connectivity index is 1.30. The number of benzene rings is 1. The van der Waals surface area contributed by atoms with Crippen LogP contribution in [0.1, 0.15) is 22.4 Å². The minimum atomic E-state index is 0.831. The Morgan fingerprint density at radius 3 is 3.08 bits per heavy atom. The van der Waals surface area contributed by atoms with Crippen LogP contribution in [0.3, 0.4) is 0 Å². The van der Waals surface area contributed by atoms with Crippen molar-refractivity contribution in [3.8, 4) is 5.75 Å². The monoisotopic (exact) mass is 331 g/mol. The fraction of sp³-hybridized carbons (Fsp3) is 0.333. The quantitative estimate of drug-likeness (QED) is 0.739. The van der Waals surface area contributed by atoms with Crippen molar-refractivity contribution < 1.29 is 4.74 Å². The van der Waals surface area contributed by atoms with Crippen molar-refractivity contribution in [3.63, 3.8) is 0 Å². The molecule has 2 aliphatic rings. The molecule has 0 saturated heterocycles. The average Bonchev–Trinajstić information content (AvgIpc) is 3.12. The molecule has 4 heteroatoms. The van der Waals surface area contributed by atoms with Gasteiger partial charge in [-0.25, -0.2) is 9.97 Å². The molecular weight excluding hydrogens is 310 g/mol. The van der Waals surface area contributed by atoms with Crippen LogP contribution in [0, 0.1) is 0 Å². The van der Waals surface area contributed by atoms with Gasteiger partial charge in [-0.15, -0.1) is 0 Å². The summed E-state index contributed by atoms with van der Waals surface area (Å²) < 4.78 is 5.60. The van der Waals surface area contributed by atoms with Crippen molar-refractivity contribution in [1.29, 1.82) is 0 Å². The lowest BCUT2D eigenvalue weighted by atomic mass is 10.0. The lowest BCUT2D eigenvalue weighted by Gasteiger charge is -2.28. The van der Waals surface area contributed by atoms with Crippen LogP contribution in [0.5, 0.6) is 5.75 Å².